The summed E-state index contributed by atoms with van der Waals surface area (Å²) >= 11 is 1.32. The third kappa shape index (κ3) is 8.53. The van der Waals surface area contributed by atoms with Crippen molar-refractivity contribution in [1.82, 2.24) is 5.32 Å². The zero-order chi connectivity index (χ0) is 30.7. The van der Waals surface area contributed by atoms with Crippen LogP contribution in [0.15, 0.2) is 144 Å². The fourth-order valence-corrected chi connectivity index (χ4v) is 4.92. The average molecular weight is 602 g/mol. The smallest absolute Gasteiger partial charge is 0.272 e. The molecule has 0 bridgehead atoms. The van der Waals surface area contributed by atoms with Gasteiger partial charge in [-0.25, -0.2) is 4.39 Å². The number of benzene rings is 5. The van der Waals surface area contributed by atoms with Crippen molar-refractivity contribution in [3.63, 3.8) is 0 Å². The number of nitrogens with one attached hydrogen (secondary N) is 3. The van der Waals surface area contributed by atoms with Gasteiger partial charge >= 0.3 is 0 Å². The molecule has 0 spiro atoms. The molecule has 5 rings (SSSR count). The number of hydrogen-bond acceptors (Lipinski definition) is 4. The second-order valence-corrected chi connectivity index (χ2v) is 10.7. The Labute approximate surface area is 259 Å². The van der Waals surface area contributed by atoms with Gasteiger partial charge in [0.2, 0.25) is 5.91 Å². The van der Waals surface area contributed by atoms with Crippen molar-refractivity contribution in [2.24, 2.45) is 0 Å². The molecular weight excluding hydrogens is 573 g/mol. The van der Waals surface area contributed by atoms with Crippen molar-refractivity contribution in [3.8, 4) is 11.1 Å². The van der Waals surface area contributed by atoms with Crippen molar-refractivity contribution in [3.05, 3.63) is 156 Å². The Morgan fingerprint density at radius 2 is 1.20 bits per heavy atom. The monoisotopic (exact) mass is 601 g/mol. The van der Waals surface area contributed by atoms with E-state index in [9.17, 15) is 18.8 Å². The van der Waals surface area contributed by atoms with Crippen LogP contribution in [0, 0.1) is 5.82 Å². The zero-order valence-electron chi connectivity index (χ0n) is 23.5. The van der Waals surface area contributed by atoms with Crippen LogP contribution in [0.25, 0.3) is 17.2 Å². The quantitative estimate of drug-likeness (QED) is 0.113. The highest BCUT2D eigenvalue weighted by atomic mass is 32.2. The topological polar surface area (TPSA) is 87.3 Å². The third-order valence-electron chi connectivity index (χ3n) is 6.47. The van der Waals surface area contributed by atoms with E-state index in [1.54, 1.807) is 54.6 Å². The number of rotatable bonds is 10. The van der Waals surface area contributed by atoms with E-state index >= 15 is 0 Å². The predicted octanol–water partition coefficient (Wildman–Crippen LogP) is 7.63. The van der Waals surface area contributed by atoms with E-state index in [2.05, 4.69) is 16.0 Å². The van der Waals surface area contributed by atoms with Crippen LogP contribution in [0.2, 0.25) is 0 Å². The van der Waals surface area contributed by atoms with Gasteiger partial charge in [-0.2, -0.15) is 0 Å². The predicted molar refractivity (Wildman–Crippen MR) is 175 cm³/mol. The molecule has 0 atom stereocenters. The molecule has 6 nitrogen and oxygen atoms in total. The van der Waals surface area contributed by atoms with Crippen LogP contribution in [0.3, 0.4) is 0 Å². The van der Waals surface area contributed by atoms with Gasteiger partial charge in [-0.15, -0.1) is 11.8 Å². The molecule has 5 aromatic carbocycles. The molecule has 0 aliphatic rings. The van der Waals surface area contributed by atoms with Crippen LogP contribution in [0.5, 0.6) is 0 Å². The first-order valence-corrected chi connectivity index (χ1v) is 14.7. The zero-order valence-corrected chi connectivity index (χ0v) is 24.3. The van der Waals surface area contributed by atoms with E-state index in [-0.39, 0.29) is 23.2 Å². The largest absolute Gasteiger partial charge is 0.325 e. The Hall–Kier alpha value is -5.47. The Morgan fingerprint density at radius 3 is 1.86 bits per heavy atom. The molecule has 0 aliphatic heterocycles. The average Bonchev–Trinajstić information content (AvgIpc) is 3.06. The van der Waals surface area contributed by atoms with Gasteiger partial charge in [0, 0.05) is 21.8 Å². The van der Waals surface area contributed by atoms with Gasteiger partial charge in [0.15, 0.2) is 0 Å². The Bertz CT molecular complexity index is 1760. The number of thioether (sulfide) groups is 1. The lowest BCUT2D eigenvalue weighted by molar-refractivity contribution is -0.114. The molecule has 3 amide bonds. The van der Waals surface area contributed by atoms with Gasteiger partial charge in [-0.05, 0) is 83.4 Å². The van der Waals surface area contributed by atoms with Crippen molar-refractivity contribution in [2.45, 2.75) is 4.90 Å². The molecule has 0 heterocycles. The van der Waals surface area contributed by atoms with E-state index in [0.29, 0.717) is 16.9 Å². The van der Waals surface area contributed by atoms with E-state index in [4.69, 9.17) is 0 Å². The number of halogens is 1. The number of hydrogen-bond donors (Lipinski definition) is 3. The first-order chi connectivity index (χ1) is 21.4. The highest BCUT2D eigenvalue weighted by molar-refractivity contribution is 8.00. The third-order valence-corrected chi connectivity index (χ3v) is 7.48. The first-order valence-electron chi connectivity index (χ1n) is 13.8. The van der Waals surface area contributed by atoms with Gasteiger partial charge in [0.1, 0.15) is 11.5 Å². The minimum atomic E-state index is -0.486. The van der Waals surface area contributed by atoms with E-state index in [1.165, 1.54) is 36.0 Å². The first kappa shape index (κ1) is 30.0. The highest BCUT2D eigenvalue weighted by Gasteiger charge is 2.15. The van der Waals surface area contributed by atoms with Crippen LogP contribution < -0.4 is 16.0 Å². The lowest BCUT2D eigenvalue weighted by Gasteiger charge is -2.12. The Kier molecular flexibility index (Phi) is 9.97. The summed E-state index contributed by atoms with van der Waals surface area (Å²) in [5, 5.41) is 8.32. The molecule has 0 unspecified atom stereocenters. The van der Waals surface area contributed by atoms with E-state index in [0.717, 1.165) is 21.6 Å². The summed E-state index contributed by atoms with van der Waals surface area (Å²) in [4.78, 5) is 39.4. The number of carbonyl (C=O) groups excluding carboxylic acids is 3. The van der Waals surface area contributed by atoms with Gasteiger partial charge in [-0.3, -0.25) is 14.4 Å². The van der Waals surface area contributed by atoms with Crippen LogP contribution in [0.1, 0.15) is 15.9 Å². The Morgan fingerprint density at radius 1 is 0.636 bits per heavy atom. The number of carbonyl (C=O) groups is 3. The lowest BCUT2D eigenvalue weighted by Crippen LogP contribution is -2.30. The minimum Gasteiger partial charge on any atom is -0.325 e. The molecule has 5 aromatic rings. The molecule has 0 aromatic heterocycles. The molecule has 218 valence electrons. The normalized spacial score (nSPS) is 11.0. The maximum absolute atomic E-state index is 13.4. The molecular formula is C36H28FN3O3S. The van der Waals surface area contributed by atoms with Gasteiger partial charge in [-0.1, -0.05) is 72.8 Å². The van der Waals surface area contributed by atoms with Crippen LogP contribution in [-0.4, -0.2) is 23.5 Å². The van der Waals surface area contributed by atoms with Gasteiger partial charge < -0.3 is 16.0 Å². The van der Waals surface area contributed by atoms with E-state index in [1.807, 2.05) is 60.7 Å². The fraction of sp³-hybridized carbons (Fsp3) is 0.0278. The van der Waals surface area contributed by atoms with Crippen molar-refractivity contribution >= 4 is 46.9 Å². The molecule has 0 fully saturated rings. The summed E-state index contributed by atoms with van der Waals surface area (Å²) in [5.41, 5.74) is 4.41. The molecule has 8 heteroatoms. The molecule has 3 N–H and O–H groups in total. The summed E-state index contributed by atoms with van der Waals surface area (Å²) in [7, 11) is 0. The highest BCUT2D eigenvalue weighted by Crippen LogP contribution is 2.23. The summed E-state index contributed by atoms with van der Waals surface area (Å²) in [6, 6.07) is 39.0. The fourth-order valence-electron chi connectivity index (χ4n) is 4.22. The van der Waals surface area contributed by atoms with Crippen molar-refractivity contribution in [2.75, 3.05) is 16.4 Å². The molecule has 0 saturated carbocycles. The van der Waals surface area contributed by atoms with Crippen molar-refractivity contribution in [1.29, 1.82) is 0 Å². The molecule has 0 radical (unpaired) electrons. The number of anilines is 2. The van der Waals surface area contributed by atoms with Gasteiger partial charge in [0.05, 0.1) is 5.75 Å². The summed E-state index contributed by atoms with van der Waals surface area (Å²) in [6.07, 6.45) is 1.63. The van der Waals surface area contributed by atoms with Crippen LogP contribution >= 0.6 is 11.8 Å². The standard InChI is InChI=1S/C36H28FN3O3S/c37-29-15-17-30(18-16-29)38-34(41)24-44-32-21-19-31(20-22-32)39-36(43)33(40-35(42)28-9-5-2-6-10-28)23-25-11-13-27(14-12-25)26-7-3-1-4-8-26/h1-23H,24H2,(H,38,41)(H,39,43)(H,40,42)/b33-23-. The summed E-state index contributed by atoms with van der Waals surface area (Å²) in [6.45, 7) is 0. The van der Waals surface area contributed by atoms with Crippen LogP contribution in [0.4, 0.5) is 15.8 Å². The maximum atomic E-state index is 13.4. The SMILES string of the molecule is O=C(CSc1ccc(NC(=O)/C(=C/c2ccc(-c3ccccc3)cc2)NC(=O)c2ccccc2)cc1)Nc1ccc(F)cc1. The molecule has 0 aliphatic carbocycles. The summed E-state index contributed by atoms with van der Waals surface area (Å²) in [5.74, 6) is -1.33. The molecule has 0 saturated heterocycles. The minimum absolute atomic E-state index is 0.0854. The van der Waals surface area contributed by atoms with Crippen molar-refractivity contribution < 1.29 is 18.8 Å². The van der Waals surface area contributed by atoms with Crippen LogP contribution in [-0.2, 0) is 9.59 Å². The second-order valence-electron chi connectivity index (χ2n) is 9.69. The Balaban J connectivity index is 1.26. The number of amides is 3. The molecule has 44 heavy (non-hydrogen) atoms. The summed E-state index contributed by atoms with van der Waals surface area (Å²) < 4.78 is 13.1. The maximum Gasteiger partial charge on any atom is 0.272 e. The van der Waals surface area contributed by atoms with Gasteiger partial charge in [0.25, 0.3) is 11.8 Å². The lowest BCUT2D eigenvalue weighted by atomic mass is 10.0. The van der Waals surface area contributed by atoms with E-state index < -0.39 is 11.8 Å². The second kappa shape index (κ2) is 14.6.